The molecule has 7 nitrogen and oxygen atoms in total. The first-order valence-corrected chi connectivity index (χ1v) is 10.2. The molecule has 2 fully saturated rings. The average molecular weight is 395 g/mol. The molecular formula is C22H25N3O4. The summed E-state index contributed by atoms with van der Waals surface area (Å²) < 4.78 is 10.9. The van der Waals surface area contributed by atoms with Gasteiger partial charge in [-0.15, -0.1) is 0 Å². The number of phenolic OH excluding ortho intramolecular Hbond substituents is 1. The quantitative estimate of drug-likeness (QED) is 0.782. The van der Waals surface area contributed by atoms with Crippen molar-refractivity contribution in [2.75, 3.05) is 26.4 Å². The molecule has 1 saturated heterocycles. The molecule has 0 bridgehead atoms. The van der Waals surface area contributed by atoms with Crippen molar-refractivity contribution in [1.29, 1.82) is 0 Å². The maximum atomic E-state index is 12.0. The fourth-order valence-corrected chi connectivity index (χ4v) is 4.30. The lowest BCUT2D eigenvalue weighted by Crippen LogP contribution is -2.33. The van der Waals surface area contributed by atoms with Crippen LogP contribution >= 0.6 is 0 Å². The number of hydrogen-bond donors (Lipinski definition) is 2. The van der Waals surface area contributed by atoms with E-state index >= 15 is 0 Å². The van der Waals surface area contributed by atoms with Gasteiger partial charge in [0.1, 0.15) is 5.75 Å². The Bertz CT molecular complexity index is 900. The Balaban J connectivity index is 1.38. The highest BCUT2D eigenvalue weighted by Crippen LogP contribution is 2.44. The fraction of sp³-hybridized carbons (Fsp3) is 0.455. The molecule has 152 valence electrons. The number of pyridine rings is 1. The van der Waals surface area contributed by atoms with E-state index in [9.17, 15) is 9.90 Å². The van der Waals surface area contributed by atoms with E-state index in [1.807, 2.05) is 18.2 Å². The van der Waals surface area contributed by atoms with Crippen LogP contribution in [0.4, 0.5) is 0 Å². The number of ether oxygens (including phenoxy) is 2. The smallest absolute Gasteiger partial charge is 0.231 e. The second-order valence-electron chi connectivity index (χ2n) is 8.12. The molecule has 1 aliphatic carbocycles. The number of rotatable bonds is 6. The maximum Gasteiger partial charge on any atom is 0.231 e. The van der Waals surface area contributed by atoms with Gasteiger partial charge < -0.3 is 19.9 Å². The van der Waals surface area contributed by atoms with Crippen LogP contribution in [0.2, 0.25) is 0 Å². The molecule has 1 aromatic carbocycles. The fourth-order valence-electron chi connectivity index (χ4n) is 4.30. The van der Waals surface area contributed by atoms with E-state index in [1.165, 1.54) is 0 Å². The molecule has 1 aromatic heterocycles. The van der Waals surface area contributed by atoms with Crippen molar-refractivity contribution < 1.29 is 19.4 Å². The summed E-state index contributed by atoms with van der Waals surface area (Å²) in [6.07, 6.45) is 6.61. The highest BCUT2D eigenvalue weighted by molar-refractivity contribution is 5.80. The average Bonchev–Trinajstić information content (AvgIpc) is 3.33. The van der Waals surface area contributed by atoms with E-state index in [0.717, 1.165) is 43.5 Å². The molecule has 0 radical (unpaired) electrons. The number of nitrogens with zero attached hydrogens (tertiary/aromatic N) is 2. The SMILES string of the molecule is O=C(NC[C@@H]1CCN(C(c2ccncc2)c2cc3c(cc2O)OCO3)C1)C1CC1. The number of benzene rings is 1. The number of nitrogens with one attached hydrogen (secondary N) is 1. The van der Waals surface area contributed by atoms with Crippen LogP contribution in [0.1, 0.15) is 36.4 Å². The van der Waals surface area contributed by atoms with E-state index in [-0.39, 0.29) is 30.4 Å². The Hall–Kier alpha value is -2.80. The number of amides is 1. The van der Waals surface area contributed by atoms with Gasteiger partial charge in [-0.25, -0.2) is 0 Å². The predicted octanol–water partition coefficient (Wildman–Crippen LogP) is 2.45. The molecule has 2 aliphatic heterocycles. The third-order valence-corrected chi connectivity index (χ3v) is 6.03. The molecule has 7 heteroatoms. The van der Waals surface area contributed by atoms with Gasteiger partial charge in [0.05, 0.1) is 6.04 Å². The van der Waals surface area contributed by atoms with E-state index in [2.05, 4.69) is 15.2 Å². The molecular weight excluding hydrogens is 370 g/mol. The van der Waals surface area contributed by atoms with E-state index in [4.69, 9.17) is 9.47 Å². The van der Waals surface area contributed by atoms with Gasteiger partial charge in [-0.05, 0) is 55.5 Å². The van der Waals surface area contributed by atoms with Gasteiger partial charge in [-0.3, -0.25) is 14.7 Å². The Morgan fingerprint density at radius 2 is 1.97 bits per heavy atom. The zero-order valence-corrected chi connectivity index (χ0v) is 16.2. The van der Waals surface area contributed by atoms with Crippen molar-refractivity contribution in [1.82, 2.24) is 15.2 Å². The first kappa shape index (κ1) is 18.2. The van der Waals surface area contributed by atoms with Crippen molar-refractivity contribution in [3.63, 3.8) is 0 Å². The second-order valence-corrected chi connectivity index (χ2v) is 8.12. The molecule has 2 aromatic rings. The number of phenols is 1. The molecule has 5 rings (SSSR count). The second kappa shape index (κ2) is 7.55. The minimum atomic E-state index is -0.114. The summed E-state index contributed by atoms with van der Waals surface area (Å²) in [6, 6.07) is 7.37. The minimum Gasteiger partial charge on any atom is -0.507 e. The van der Waals surface area contributed by atoms with Crippen LogP contribution in [0.15, 0.2) is 36.7 Å². The van der Waals surface area contributed by atoms with Crippen molar-refractivity contribution in [2.45, 2.75) is 25.3 Å². The molecule has 1 amide bonds. The van der Waals surface area contributed by atoms with Gasteiger partial charge in [-0.2, -0.15) is 0 Å². The molecule has 2 atom stereocenters. The van der Waals surface area contributed by atoms with Gasteiger partial charge in [0.25, 0.3) is 0 Å². The lowest BCUT2D eigenvalue weighted by Gasteiger charge is -2.29. The van der Waals surface area contributed by atoms with Crippen molar-refractivity contribution in [2.24, 2.45) is 11.8 Å². The third kappa shape index (κ3) is 3.74. The summed E-state index contributed by atoms with van der Waals surface area (Å²) in [4.78, 5) is 18.5. The number of likely N-dealkylation sites (tertiary alicyclic amines) is 1. The van der Waals surface area contributed by atoms with E-state index in [0.29, 0.717) is 24.0 Å². The summed E-state index contributed by atoms with van der Waals surface area (Å²) in [6.45, 7) is 2.63. The van der Waals surface area contributed by atoms with Crippen LogP contribution in [-0.4, -0.2) is 47.3 Å². The number of carbonyl (C=O) groups excluding carboxylic acids is 1. The number of fused-ring (bicyclic) bond motifs is 1. The van der Waals surface area contributed by atoms with Gasteiger partial charge in [0.15, 0.2) is 11.5 Å². The van der Waals surface area contributed by atoms with Crippen LogP contribution in [0.25, 0.3) is 0 Å². The number of aromatic nitrogens is 1. The third-order valence-electron chi connectivity index (χ3n) is 6.03. The molecule has 3 heterocycles. The van der Waals surface area contributed by atoms with E-state index < -0.39 is 0 Å². The maximum absolute atomic E-state index is 12.0. The standard InChI is InChI=1S/C22H25N3O4/c26-18-10-20-19(28-13-29-20)9-17(18)21(15-3-6-23-7-4-15)25-8-5-14(12-25)11-24-22(27)16-1-2-16/h3-4,6-7,9-10,14,16,21,26H,1-2,5,8,11-13H2,(H,24,27)/t14-,21?/m0/s1. The monoisotopic (exact) mass is 395 g/mol. The Labute approximate surface area is 169 Å². The van der Waals surface area contributed by atoms with Gasteiger partial charge >= 0.3 is 0 Å². The number of carbonyl (C=O) groups is 1. The molecule has 1 saturated carbocycles. The molecule has 0 spiro atoms. The predicted molar refractivity (Wildman–Crippen MR) is 106 cm³/mol. The Morgan fingerprint density at radius 3 is 2.72 bits per heavy atom. The summed E-state index contributed by atoms with van der Waals surface area (Å²) in [5.74, 6) is 2.26. The van der Waals surface area contributed by atoms with Crippen molar-refractivity contribution in [3.05, 3.63) is 47.8 Å². The molecule has 3 aliphatic rings. The summed E-state index contributed by atoms with van der Waals surface area (Å²) in [7, 11) is 0. The zero-order valence-electron chi connectivity index (χ0n) is 16.2. The van der Waals surface area contributed by atoms with Gasteiger partial charge in [0, 0.05) is 43.0 Å². The number of hydrogen-bond acceptors (Lipinski definition) is 6. The molecule has 1 unspecified atom stereocenters. The largest absolute Gasteiger partial charge is 0.507 e. The highest BCUT2D eigenvalue weighted by atomic mass is 16.7. The van der Waals surface area contributed by atoms with Gasteiger partial charge in [-0.1, -0.05) is 0 Å². The van der Waals surface area contributed by atoms with Crippen LogP contribution in [0.5, 0.6) is 17.2 Å². The van der Waals surface area contributed by atoms with Crippen LogP contribution in [0.3, 0.4) is 0 Å². The van der Waals surface area contributed by atoms with Crippen molar-refractivity contribution in [3.8, 4) is 17.2 Å². The van der Waals surface area contributed by atoms with Crippen molar-refractivity contribution >= 4 is 5.91 Å². The lowest BCUT2D eigenvalue weighted by atomic mass is 9.96. The lowest BCUT2D eigenvalue weighted by molar-refractivity contribution is -0.122. The minimum absolute atomic E-state index is 0.114. The van der Waals surface area contributed by atoms with Gasteiger partial charge in [0.2, 0.25) is 12.7 Å². The first-order chi connectivity index (χ1) is 14.2. The molecule has 29 heavy (non-hydrogen) atoms. The zero-order chi connectivity index (χ0) is 19.8. The van der Waals surface area contributed by atoms with Crippen LogP contribution in [-0.2, 0) is 4.79 Å². The normalized spacial score (nSPS) is 21.9. The number of aromatic hydroxyl groups is 1. The first-order valence-electron chi connectivity index (χ1n) is 10.2. The summed E-state index contributed by atoms with van der Waals surface area (Å²) in [5.41, 5.74) is 1.86. The van der Waals surface area contributed by atoms with E-state index in [1.54, 1.807) is 18.5 Å². The Morgan fingerprint density at radius 1 is 1.21 bits per heavy atom. The topological polar surface area (TPSA) is 83.9 Å². The van der Waals surface area contributed by atoms with Crippen LogP contribution in [0, 0.1) is 11.8 Å². The van der Waals surface area contributed by atoms with Crippen LogP contribution < -0.4 is 14.8 Å². The molecule has 2 N–H and O–H groups in total. The Kier molecular flexibility index (Phi) is 4.75. The highest BCUT2D eigenvalue weighted by Gasteiger charge is 2.34. The summed E-state index contributed by atoms with van der Waals surface area (Å²) in [5, 5.41) is 13.9. The summed E-state index contributed by atoms with van der Waals surface area (Å²) >= 11 is 0.